The predicted octanol–water partition coefficient (Wildman–Crippen LogP) is 8.01. The van der Waals surface area contributed by atoms with E-state index in [4.69, 9.17) is 33.4 Å². The molecule has 3 amide bonds. The molecule has 1 aliphatic heterocycles. The summed E-state index contributed by atoms with van der Waals surface area (Å²) in [7, 11) is -1.57. The number of esters is 1. The number of rotatable bonds is 35. The number of likely N-dealkylation sites (N-methyl/N-ethyl adjacent to an activating group) is 1. The molecule has 2 atom stereocenters. The van der Waals surface area contributed by atoms with Crippen LogP contribution in [0.1, 0.15) is 81.4 Å². The number of fused-ring (bicyclic) bond motifs is 1. The first kappa shape index (κ1) is 67.0. The fraction of sp³-hybridized carbons (Fsp3) is 0.353. The van der Waals surface area contributed by atoms with Crippen molar-refractivity contribution in [3.63, 3.8) is 0 Å². The van der Waals surface area contributed by atoms with Gasteiger partial charge in [-0.25, -0.2) is 18.2 Å². The zero-order chi connectivity index (χ0) is 63.7. The summed E-state index contributed by atoms with van der Waals surface area (Å²) in [6, 6.07) is 46.3. The summed E-state index contributed by atoms with van der Waals surface area (Å²) >= 11 is 0. The molecule has 21 nitrogen and oxygen atoms in total. The monoisotopic (exact) mass is 1250 g/mol. The summed E-state index contributed by atoms with van der Waals surface area (Å²) in [5.74, 6) is -0.930. The first-order valence-electron chi connectivity index (χ1n) is 30.1. The zero-order valence-corrected chi connectivity index (χ0v) is 52.1. The van der Waals surface area contributed by atoms with E-state index in [1.165, 1.54) is 0 Å². The van der Waals surface area contributed by atoms with Crippen LogP contribution in [0.3, 0.4) is 0 Å². The molecule has 0 radical (unpaired) electrons. The Labute approximate surface area is 526 Å². The molecule has 2 unspecified atom stereocenters. The van der Waals surface area contributed by atoms with Crippen LogP contribution in [0, 0.1) is 13.8 Å². The number of hydrogen-bond donors (Lipinski definition) is 5. The van der Waals surface area contributed by atoms with Crippen molar-refractivity contribution in [1.29, 1.82) is 0 Å². The van der Waals surface area contributed by atoms with E-state index in [1.54, 1.807) is 50.2 Å². The number of anilines is 2. The molecular formula is C68H80N8O13S. The summed E-state index contributed by atoms with van der Waals surface area (Å²) in [5, 5.41) is 11.8. The number of Topliss-reactive ketones (excluding diaryl/α,β-unsaturated/α-hetero) is 1. The van der Waals surface area contributed by atoms with E-state index in [2.05, 4.69) is 67.0 Å². The van der Waals surface area contributed by atoms with Crippen LogP contribution in [0.2, 0.25) is 0 Å². The minimum Gasteiger partial charge on any atom is -0.494 e. The number of ether oxygens (including phenoxy) is 6. The van der Waals surface area contributed by atoms with Gasteiger partial charge in [0.2, 0.25) is 27.8 Å². The standard InChI is InChI=1S/C68H80N8O13S/c1-49-42-56(88-37-17-28-62(78)69-31-18-35-85-38-40-87-41-39-86-36-19-32-71-67(81)89-48-51-20-9-5-10-21-51)43-50(2)63(49)90(82,83)74-58(65(80)84-4)47-72-64(79)60-45-61(77)57-30-29-52(44-59(57)75(60)3)46-73-66-70-33-34-76(66)68(53-22-11-6-12-23-53,54-24-13-7-14-25-54)55-26-15-8-16-27-55/h5-16,20-27,29-30,33-34,42-44,58,60,74H,17-19,28,31-32,35-41,45-48H2,1-4H3,(H,69,78)(H,70,73)(H,71,81)(H,72,79). The molecule has 6 aromatic carbocycles. The minimum absolute atomic E-state index is 0.0828. The summed E-state index contributed by atoms with van der Waals surface area (Å²) in [6.07, 6.45) is 4.97. The number of nitrogens with one attached hydrogen (secondary N) is 5. The van der Waals surface area contributed by atoms with Gasteiger partial charge in [0.05, 0.1) is 45.0 Å². The number of aryl methyl sites for hydroxylation is 2. The van der Waals surface area contributed by atoms with E-state index in [0.29, 0.717) is 113 Å². The Morgan fingerprint density at radius 2 is 1.24 bits per heavy atom. The van der Waals surface area contributed by atoms with E-state index in [1.807, 2.05) is 103 Å². The van der Waals surface area contributed by atoms with E-state index in [-0.39, 0.29) is 42.6 Å². The Bertz CT molecular complexity index is 3460. The number of hydrogen-bond acceptors (Lipinski definition) is 16. The molecule has 1 aliphatic rings. The first-order valence-corrected chi connectivity index (χ1v) is 31.6. The molecular weight excluding hydrogens is 1170 g/mol. The summed E-state index contributed by atoms with van der Waals surface area (Å²) in [4.78, 5) is 71.6. The maximum absolute atomic E-state index is 14.0. The Morgan fingerprint density at radius 1 is 0.678 bits per heavy atom. The van der Waals surface area contributed by atoms with Crippen molar-refractivity contribution >= 4 is 51.3 Å². The highest BCUT2D eigenvalue weighted by atomic mass is 32.2. The molecule has 476 valence electrons. The number of alkyl carbamates (subject to hydrolysis) is 1. The lowest BCUT2D eigenvalue weighted by atomic mass is 9.76. The molecule has 0 fully saturated rings. The number of nitrogens with zero attached hydrogens (tertiary/aromatic N) is 3. The van der Waals surface area contributed by atoms with E-state index in [9.17, 15) is 32.4 Å². The van der Waals surface area contributed by atoms with Gasteiger partial charge in [-0.15, -0.1) is 0 Å². The van der Waals surface area contributed by atoms with Gasteiger partial charge < -0.3 is 54.6 Å². The van der Waals surface area contributed by atoms with E-state index >= 15 is 0 Å². The van der Waals surface area contributed by atoms with Crippen LogP contribution in [0.4, 0.5) is 16.4 Å². The molecule has 2 heterocycles. The number of carbonyl (C=O) groups is 5. The van der Waals surface area contributed by atoms with Crippen molar-refractivity contribution in [2.24, 2.45) is 0 Å². The molecule has 0 bridgehead atoms. The molecule has 5 N–H and O–H groups in total. The number of ketones is 1. The molecule has 90 heavy (non-hydrogen) atoms. The number of amides is 3. The van der Waals surface area contributed by atoms with Gasteiger partial charge in [-0.2, -0.15) is 4.72 Å². The van der Waals surface area contributed by atoms with Crippen LogP contribution in [-0.4, -0.2) is 140 Å². The molecule has 0 spiro atoms. The van der Waals surface area contributed by atoms with Crippen molar-refractivity contribution in [2.45, 2.75) is 81.6 Å². The maximum Gasteiger partial charge on any atom is 0.407 e. The lowest BCUT2D eigenvalue weighted by Gasteiger charge is -2.38. The van der Waals surface area contributed by atoms with Gasteiger partial charge in [0.25, 0.3) is 0 Å². The normalized spacial score (nSPS) is 13.4. The molecule has 0 saturated heterocycles. The van der Waals surface area contributed by atoms with Gasteiger partial charge in [0.1, 0.15) is 30.0 Å². The van der Waals surface area contributed by atoms with Crippen molar-refractivity contribution < 1.29 is 60.8 Å². The van der Waals surface area contributed by atoms with Crippen LogP contribution in [0.5, 0.6) is 5.75 Å². The van der Waals surface area contributed by atoms with Crippen molar-refractivity contribution in [3.8, 4) is 5.75 Å². The molecule has 8 rings (SSSR count). The lowest BCUT2D eigenvalue weighted by molar-refractivity contribution is -0.142. The number of benzene rings is 6. The largest absolute Gasteiger partial charge is 0.494 e. The molecule has 7 aromatic rings. The highest BCUT2D eigenvalue weighted by molar-refractivity contribution is 7.89. The van der Waals surface area contributed by atoms with Crippen LogP contribution in [0.15, 0.2) is 169 Å². The van der Waals surface area contributed by atoms with Crippen LogP contribution < -0.4 is 35.6 Å². The average Bonchev–Trinajstić information content (AvgIpc) is 1.20. The topological polar surface area (TPSA) is 256 Å². The van der Waals surface area contributed by atoms with Gasteiger partial charge in [0.15, 0.2) is 5.78 Å². The number of imidazole rings is 1. The SMILES string of the molecule is COC(=O)C(CNC(=O)C1CC(=O)c2ccc(CNc3nccn3C(c3ccccc3)(c3ccccc3)c3ccccc3)cc2N1C)NS(=O)(=O)c1c(C)cc(OCCCC(=O)NCCCOCCOCCOCCCNC(=O)OCc2ccccc2)cc1C. The highest BCUT2D eigenvalue weighted by Gasteiger charge is 2.40. The molecule has 0 aliphatic carbocycles. The van der Waals surface area contributed by atoms with Crippen molar-refractivity contribution in [2.75, 3.05) is 90.3 Å². The second-order valence-electron chi connectivity index (χ2n) is 21.6. The second-order valence-corrected chi connectivity index (χ2v) is 23.2. The molecule has 1 aromatic heterocycles. The van der Waals surface area contributed by atoms with Gasteiger partial charge >= 0.3 is 12.1 Å². The van der Waals surface area contributed by atoms with Gasteiger partial charge in [-0.05, 0) is 96.3 Å². The maximum atomic E-state index is 14.0. The average molecular weight is 1250 g/mol. The zero-order valence-electron chi connectivity index (χ0n) is 51.3. The van der Waals surface area contributed by atoms with Crippen LogP contribution >= 0.6 is 0 Å². The Hall–Kier alpha value is -8.93. The first-order chi connectivity index (χ1) is 43.7. The molecule has 0 saturated carbocycles. The summed E-state index contributed by atoms with van der Waals surface area (Å²) < 4.78 is 65.4. The minimum atomic E-state index is -4.39. The van der Waals surface area contributed by atoms with E-state index in [0.717, 1.165) is 34.9 Å². The Balaban J connectivity index is 0.749. The fourth-order valence-corrected chi connectivity index (χ4v) is 12.4. The number of carbonyl (C=O) groups excluding carboxylic acids is 5. The summed E-state index contributed by atoms with van der Waals surface area (Å²) in [5.41, 5.74) is 5.66. The van der Waals surface area contributed by atoms with Crippen LogP contribution in [-0.2, 0) is 66.8 Å². The third kappa shape index (κ3) is 18.1. The number of aromatic nitrogens is 2. The quantitative estimate of drug-likeness (QED) is 0.0143. The third-order valence-electron chi connectivity index (χ3n) is 15.2. The van der Waals surface area contributed by atoms with Crippen molar-refractivity contribution in [1.82, 2.24) is 30.2 Å². The van der Waals surface area contributed by atoms with Gasteiger partial charge in [-0.3, -0.25) is 23.7 Å². The number of sulfonamides is 1. The highest BCUT2D eigenvalue weighted by Crippen LogP contribution is 2.43. The summed E-state index contributed by atoms with van der Waals surface area (Å²) in [6.45, 7) is 6.88. The molecule has 22 heteroatoms. The Kier molecular flexibility index (Phi) is 25.0. The van der Waals surface area contributed by atoms with Crippen molar-refractivity contribution in [3.05, 3.63) is 209 Å². The smallest absolute Gasteiger partial charge is 0.407 e. The second kappa shape index (κ2) is 33.6. The predicted molar refractivity (Wildman–Crippen MR) is 341 cm³/mol. The van der Waals surface area contributed by atoms with Gasteiger partial charge in [0, 0.05) is 82.9 Å². The fourth-order valence-electron chi connectivity index (χ4n) is 10.8. The van der Waals surface area contributed by atoms with E-state index < -0.39 is 52.2 Å². The Morgan fingerprint density at radius 3 is 1.83 bits per heavy atom. The van der Waals surface area contributed by atoms with Gasteiger partial charge in [-0.1, -0.05) is 127 Å². The lowest BCUT2D eigenvalue weighted by Crippen LogP contribution is -2.54. The van der Waals surface area contributed by atoms with Crippen LogP contribution in [0.25, 0.3) is 0 Å². The third-order valence-corrected chi connectivity index (χ3v) is 17.0. The number of methoxy groups -OCH3 is 1.